The molecule has 0 unspecified atom stereocenters. The van der Waals surface area contributed by atoms with Crippen LogP contribution in [0.25, 0.3) is 0 Å². The number of aromatic hydroxyl groups is 1. The molecule has 3 atom stereocenters. The van der Waals surface area contributed by atoms with E-state index in [0.29, 0.717) is 31.7 Å². The first-order chi connectivity index (χ1) is 12.5. The van der Waals surface area contributed by atoms with E-state index in [0.717, 1.165) is 16.7 Å². The Labute approximate surface area is 152 Å². The molecule has 138 valence electrons. The first-order valence-corrected chi connectivity index (χ1v) is 8.89. The molecule has 1 amide bonds. The van der Waals surface area contributed by atoms with Crippen LogP contribution in [-0.2, 0) is 16.7 Å². The van der Waals surface area contributed by atoms with Crippen molar-refractivity contribution in [2.45, 2.75) is 43.9 Å². The van der Waals surface area contributed by atoms with Crippen molar-refractivity contribution in [3.63, 3.8) is 0 Å². The summed E-state index contributed by atoms with van der Waals surface area (Å²) in [4.78, 5) is 14.1. The normalized spacial score (nSPS) is 28.6. The number of phenols is 1. The van der Waals surface area contributed by atoms with E-state index < -0.39 is 11.5 Å². The van der Waals surface area contributed by atoms with Crippen LogP contribution in [0, 0.1) is 6.92 Å². The molecule has 0 fully saturated rings. The zero-order valence-electron chi connectivity index (χ0n) is 14.8. The number of hydrogen-bond donors (Lipinski definition) is 2. The average molecular weight is 357 g/mol. The Morgan fingerprint density at radius 2 is 2.38 bits per heavy atom. The summed E-state index contributed by atoms with van der Waals surface area (Å²) < 4.78 is 11.3. The van der Waals surface area contributed by atoms with Gasteiger partial charge in [0.1, 0.15) is 12.7 Å². The number of hydrogen-bond acceptors (Lipinski definition) is 5. The second kappa shape index (κ2) is 6.06. The largest absolute Gasteiger partial charge is 0.504 e. The molecule has 0 aromatic heterocycles. The van der Waals surface area contributed by atoms with Gasteiger partial charge in [0.05, 0.1) is 11.5 Å². The van der Waals surface area contributed by atoms with Crippen LogP contribution in [0.5, 0.6) is 11.5 Å². The summed E-state index contributed by atoms with van der Waals surface area (Å²) >= 11 is 0. The molecule has 26 heavy (non-hydrogen) atoms. The highest BCUT2D eigenvalue weighted by Gasteiger charge is 2.53. The Morgan fingerprint density at radius 1 is 1.58 bits per heavy atom. The zero-order chi connectivity index (χ0) is 18.5. The highest BCUT2D eigenvalue weighted by molar-refractivity contribution is 5.70. The fourth-order valence-electron chi connectivity index (χ4n) is 4.41. The Kier molecular flexibility index (Phi) is 3.95. The minimum Gasteiger partial charge on any atom is -0.504 e. The van der Waals surface area contributed by atoms with E-state index in [-0.39, 0.29) is 24.6 Å². The summed E-state index contributed by atoms with van der Waals surface area (Å²) in [6.45, 7) is 6.58. The van der Waals surface area contributed by atoms with Crippen LogP contribution in [-0.4, -0.2) is 46.6 Å². The van der Waals surface area contributed by atoms with Crippen LogP contribution in [0.2, 0.25) is 0 Å². The summed E-state index contributed by atoms with van der Waals surface area (Å²) in [5, 5.41) is 20.5. The van der Waals surface area contributed by atoms with Crippen LogP contribution in [0.4, 0.5) is 4.79 Å². The molecule has 1 spiro atoms. The van der Waals surface area contributed by atoms with Crippen molar-refractivity contribution in [2.24, 2.45) is 0 Å². The molecule has 1 aromatic rings. The number of benzene rings is 1. The Hall–Kier alpha value is -2.47. The first kappa shape index (κ1) is 17.0. The molecular formula is C20H23NO5. The maximum Gasteiger partial charge on any atom is 0.410 e. The van der Waals surface area contributed by atoms with Crippen LogP contribution >= 0.6 is 0 Å². The van der Waals surface area contributed by atoms with Gasteiger partial charge in [0, 0.05) is 25.1 Å². The maximum absolute atomic E-state index is 12.4. The lowest BCUT2D eigenvalue weighted by Crippen LogP contribution is -2.43. The van der Waals surface area contributed by atoms with E-state index in [1.165, 1.54) is 0 Å². The zero-order valence-corrected chi connectivity index (χ0v) is 14.8. The summed E-state index contributed by atoms with van der Waals surface area (Å²) in [5.74, 6) is 0.594. The molecule has 6 nitrogen and oxygen atoms in total. The standard InChI is InChI=1S/C20H23NO5/c1-3-8-25-19(24)21-7-6-20-5-4-13(22)10-16(20)26-18-15(23)9-12(2)14(11-21)17(18)20/h3-5,9,13,16,22-23H,1,6-8,10-11H2,2H3/t13-,16-,20-/m0/s1. The van der Waals surface area contributed by atoms with Gasteiger partial charge in [-0.1, -0.05) is 24.8 Å². The van der Waals surface area contributed by atoms with E-state index in [9.17, 15) is 15.0 Å². The van der Waals surface area contributed by atoms with Gasteiger partial charge in [-0.3, -0.25) is 0 Å². The number of amides is 1. The van der Waals surface area contributed by atoms with Gasteiger partial charge in [0.25, 0.3) is 0 Å². The third kappa shape index (κ3) is 2.40. The third-order valence-electron chi connectivity index (χ3n) is 5.69. The highest BCUT2D eigenvalue weighted by atomic mass is 16.6. The summed E-state index contributed by atoms with van der Waals surface area (Å²) in [5.41, 5.74) is 2.39. The monoisotopic (exact) mass is 357 g/mol. The second-order valence-corrected chi connectivity index (χ2v) is 7.24. The quantitative estimate of drug-likeness (QED) is 0.795. The summed E-state index contributed by atoms with van der Waals surface area (Å²) in [7, 11) is 0. The molecule has 0 bridgehead atoms. The van der Waals surface area contributed by atoms with Crippen molar-refractivity contribution in [1.29, 1.82) is 0 Å². The summed E-state index contributed by atoms with van der Waals surface area (Å²) in [6, 6.07) is 1.68. The fraction of sp³-hybridized carbons (Fsp3) is 0.450. The predicted octanol–water partition coefficient (Wildman–Crippen LogP) is 2.55. The molecule has 0 radical (unpaired) electrons. The van der Waals surface area contributed by atoms with Gasteiger partial charge in [0.15, 0.2) is 11.5 Å². The maximum atomic E-state index is 12.4. The number of nitrogens with zero attached hydrogens (tertiary/aromatic N) is 1. The number of carbonyl (C=O) groups excluding carboxylic acids is 1. The third-order valence-corrected chi connectivity index (χ3v) is 5.69. The molecular weight excluding hydrogens is 334 g/mol. The highest BCUT2D eigenvalue weighted by Crippen LogP contribution is 2.56. The van der Waals surface area contributed by atoms with Crippen molar-refractivity contribution < 1.29 is 24.5 Å². The molecule has 4 rings (SSSR count). The van der Waals surface area contributed by atoms with Gasteiger partial charge in [0.2, 0.25) is 0 Å². The van der Waals surface area contributed by atoms with Gasteiger partial charge in [-0.2, -0.15) is 0 Å². The average Bonchev–Trinajstić information content (AvgIpc) is 2.83. The Bertz CT molecular complexity index is 802. The topological polar surface area (TPSA) is 79.2 Å². The molecule has 0 saturated carbocycles. The molecule has 6 heteroatoms. The number of carbonyl (C=O) groups is 1. The lowest BCUT2D eigenvalue weighted by Gasteiger charge is -2.35. The van der Waals surface area contributed by atoms with Gasteiger partial charge in [-0.05, 0) is 30.5 Å². The van der Waals surface area contributed by atoms with Crippen molar-refractivity contribution in [3.8, 4) is 11.5 Å². The van der Waals surface area contributed by atoms with E-state index in [4.69, 9.17) is 9.47 Å². The molecule has 0 saturated heterocycles. The minimum absolute atomic E-state index is 0.112. The number of ether oxygens (including phenoxy) is 2. The van der Waals surface area contributed by atoms with Gasteiger partial charge < -0.3 is 24.6 Å². The van der Waals surface area contributed by atoms with Gasteiger partial charge in [-0.15, -0.1) is 0 Å². The van der Waals surface area contributed by atoms with Crippen LogP contribution in [0.15, 0.2) is 30.9 Å². The predicted molar refractivity (Wildman–Crippen MR) is 95.3 cm³/mol. The number of rotatable bonds is 2. The van der Waals surface area contributed by atoms with Crippen molar-refractivity contribution in [2.75, 3.05) is 13.2 Å². The van der Waals surface area contributed by atoms with Crippen molar-refractivity contribution in [3.05, 3.63) is 47.6 Å². The lowest BCUT2D eigenvalue weighted by molar-refractivity contribution is 0.0766. The van der Waals surface area contributed by atoms with E-state index in [1.807, 2.05) is 13.0 Å². The molecule has 2 N–H and O–H groups in total. The number of aryl methyl sites for hydroxylation is 1. The first-order valence-electron chi connectivity index (χ1n) is 8.89. The SMILES string of the molecule is C=CCOC(=O)N1CC[C@@]23C=C[C@H](O)C[C@@H]2Oc2c(O)cc(C)c(c23)C1. The molecule has 1 aliphatic carbocycles. The fourth-order valence-corrected chi connectivity index (χ4v) is 4.41. The number of phenolic OH excluding ortho intramolecular Hbond substituents is 1. The number of aliphatic hydroxyl groups is 1. The van der Waals surface area contributed by atoms with Crippen LogP contribution in [0.1, 0.15) is 29.5 Å². The van der Waals surface area contributed by atoms with Gasteiger partial charge >= 0.3 is 6.09 Å². The molecule has 1 aromatic carbocycles. The van der Waals surface area contributed by atoms with E-state index in [1.54, 1.807) is 23.1 Å². The van der Waals surface area contributed by atoms with E-state index in [2.05, 4.69) is 6.58 Å². The molecule has 2 aliphatic heterocycles. The second-order valence-electron chi connectivity index (χ2n) is 7.24. The number of aliphatic hydroxyl groups excluding tert-OH is 1. The lowest BCUT2D eigenvalue weighted by atomic mass is 9.68. The minimum atomic E-state index is -0.566. The van der Waals surface area contributed by atoms with Gasteiger partial charge in [-0.25, -0.2) is 4.79 Å². The smallest absolute Gasteiger partial charge is 0.410 e. The molecule has 3 aliphatic rings. The van der Waals surface area contributed by atoms with Crippen LogP contribution in [0.3, 0.4) is 0 Å². The Morgan fingerprint density at radius 3 is 3.15 bits per heavy atom. The van der Waals surface area contributed by atoms with Crippen molar-refractivity contribution >= 4 is 6.09 Å². The summed E-state index contributed by atoms with van der Waals surface area (Å²) in [6.07, 6.45) is 5.25. The molecule has 2 heterocycles. The van der Waals surface area contributed by atoms with E-state index >= 15 is 0 Å². The van der Waals surface area contributed by atoms with Crippen molar-refractivity contribution in [1.82, 2.24) is 4.90 Å². The van der Waals surface area contributed by atoms with Crippen LogP contribution < -0.4 is 4.74 Å². The Balaban J connectivity index is 1.82.